The Morgan fingerprint density at radius 1 is 1.05 bits per heavy atom. The molecule has 1 unspecified atom stereocenters. The Bertz CT molecular complexity index is 504. The van der Waals surface area contributed by atoms with Crippen molar-refractivity contribution >= 4 is 11.3 Å². The fourth-order valence-electron chi connectivity index (χ4n) is 2.16. The number of benzene rings is 1. The Labute approximate surface area is 117 Å². The Kier molecular flexibility index (Phi) is 5.11. The number of aliphatic hydroxyl groups is 1. The normalized spacial score (nSPS) is 12.6. The summed E-state index contributed by atoms with van der Waals surface area (Å²) in [6, 6.07) is 10.9. The average Bonchev–Trinajstić information content (AvgIpc) is 2.88. The van der Waals surface area contributed by atoms with Gasteiger partial charge in [0.2, 0.25) is 0 Å². The Morgan fingerprint density at radius 2 is 1.74 bits per heavy atom. The summed E-state index contributed by atoms with van der Waals surface area (Å²) in [5, 5.41) is 9.50. The molecule has 0 amide bonds. The van der Waals surface area contributed by atoms with Gasteiger partial charge in [0.05, 0.1) is 0 Å². The van der Waals surface area contributed by atoms with Crippen molar-refractivity contribution in [2.45, 2.75) is 26.2 Å². The maximum atomic E-state index is 12.8. The van der Waals surface area contributed by atoms with Crippen LogP contribution in [0.5, 0.6) is 0 Å². The predicted molar refractivity (Wildman–Crippen MR) is 78.1 cm³/mol. The topological polar surface area (TPSA) is 20.2 Å². The summed E-state index contributed by atoms with van der Waals surface area (Å²) in [5.41, 5.74) is 1.08. The van der Waals surface area contributed by atoms with E-state index in [0.29, 0.717) is 0 Å². The second kappa shape index (κ2) is 6.83. The largest absolute Gasteiger partial charge is 0.396 e. The number of halogens is 1. The van der Waals surface area contributed by atoms with Crippen LogP contribution in [0.4, 0.5) is 4.39 Å². The van der Waals surface area contributed by atoms with Crippen molar-refractivity contribution in [2.24, 2.45) is 5.92 Å². The lowest BCUT2D eigenvalue weighted by molar-refractivity contribution is 0.225. The van der Waals surface area contributed by atoms with E-state index in [1.54, 1.807) is 12.1 Å². The third kappa shape index (κ3) is 4.15. The highest BCUT2D eigenvalue weighted by molar-refractivity contribution is 7.11. The Hall–Kier alpha value is -1.19. The van der Waals surface area contributed by atoms with Crippen LogP contribution in [0, 0.1) is 11.7 Å². The van der Waals surface area contributed by atoms with Gasteiger partial charge in [0.1, 0.15) is 5.82 Å². The van der Waals surface area contributed by atoms with Crippen molar-refractivity contribution in [3.05, 3.63) is 57.5 Å². The van der Waals surface area contributed by atoms with E-state index in [0.717, 1.165) is 24.8 Å². The summed E-state index contributed by atoms with van der Waals surface area (Å²) >= 11 is 1.82. The predicted octanol–water partition coefficient (Wildman–Crippen LogP) is 3.84. The van der Waals surface area contributed by atoms with Crippen LogP contribution in [0.2, 0.25) is 0 Å². The van der Waals surface area contributed by atoms with Crippen molar-refractivity contribution in [1.29, 1.82) is 0 Å². The highest BCUT2D eigenvalue weighted by Crippen LogP contribution is 2.22. The van der Waals surface area contributed by atoms with Gasteiger partial charge in [-0.3, -0.25) is 0 Å². The number of thiophene rings is 1. The standard InChI is InChI=1S/C16H19FOS/c1-2-15-7-8-16(19-15)10-13(11-18)9-12-3-5-14(17)6-4-12/h3-8,13,18H,2,9-11H2,1H3. The molecule has 0 saturated carbocycles. The summed E-state index contributed by atoms with van der Waals surface area (Å²) in [6.45, 7) is 2.31. The first-order chi connectivity index (χ1) is 9.21. The first-order valence-corrected chi connectivity index (χ1v) is 7.45. The van der Waals surface area contributed by atoms with Crippen LogP contribution in [0.15, 0.2) is 36.4 Å². The molecule has 0 aliphatic carbocycles. The zero-order valence-corrected chi connectivity index (χ0v) is 11.9. The zero-order chi connectivity index (χ0) is 13.7. The van der Waals surface area contributed by atoms with Gasteiger partial charge in [-0.15, -0.1) is 11.3 Å². The molecule has 1 nitrogen and oxygen atoms in total. The van der Waals surface area contributed by atoms with Crippen LogP contribution in [0.1, 0.15) is 22.2 Å². The molecule has 1 atom stereocenters. The molecule has 102 valence electrons. The summed E-state index contributed by atoms with van der Waals surface area (Å²) < 4.78 is 12.8. The third-order valence-corrected chi connectivity index (χ3v) is 4.50. The molecule has 19 heavy (non-hydrogen) atoms. The monoisotopic (exact) mass is 278 g/mol. The van der Waals surface area contributed by atoms with Crippen molar-refractivity contribution in [1.82, 2.24) is 0 Å². The molecule has 0 fully saturated rings. The van der Waals surface area contributed by atoms with Gasteiger partial charge in [-0.05, 0) is 55.0 Å². The third-order valence-electron chi connectivity index (χ3n) is 3.25. The van der Waals surface area contributed by atoms with Gasteiger partial charge in [-0.1, -0.05) is 19.1 Å². The molecule has 0 radical (unpaired) electrons. The Balaban J connectivity index is 1.98. The van der Waals surface area contributed by atoms with E-state index >= 15 is 0 Å². The number of hydrogen-bond donors (Lipinski definition) is 1. The van der Waals surface area contributed by atoms with Crippen LogP contribution in [0.3, 0.4) is 0 Å². The first-order valence-electron chi connectivity index (χ1n) is 6.64. The second-order valence-corrected chi connectivity index (χ2v) is 6.06. The molecule has 0 saturated heterocycles. The molecule has 1 aromatic heterocycles. The van der Waals surface area contributed by atoms with Crippen LogP contribution in [0.25, 0.3) is 0 Å². The van der Waals surface area contributed by atoms with Gasteiger partial charge in [-0.25, -0.2) is 4.39 Å². The van der Waals surface area contributed by atoms with Crippen LogP contribution < -0.4 is 0 Å². The lowest BCUT2D eigenvalue weighted by atomic mass is 9.96. The lowest BCUT2D eigenvalue weighted by Gasteiger charge is -2.13. The van der Waals surface area contributed by atoms with E-state index < -0.39 is 0 Å². The van der Waals surface area contributed by atoms with E-state index in [1.807, 2.05) is 11.3 Å². The number of hydrogen-bond acceptors (Lipinski definition) is 2. The molecule has 1 heterocycles. The van der Waals surface area contributed by atoms with E-state index in [9.17, 15) is 9.50 Å². The van der Waals surface area contributed by atoms with Gasteiger partial charge >= 0.3 is 0 Å². The minimum Gasteiger partial charge on any atom is -0.396 e. The fourth-order valence-corrected chi connectivity index (χ4v) is 3.23. The minimum absolute atomic E-state index is 0.163. The maximum Gasteiger partial charge on any atom is 0.123 e. The molecular formula is C16H19FOS. The molecule has 0 spiro atoms. The smallest absolute Gasteiger partial charge is 0.123 e. The molecule has 1 N–H and O–H groups in total. The lowest BCUT2D eigenvalue weighted by Crippen LogP contribution is -2.12. The SMILES string of the molecule is CCc1ccc(CC(CO)Cc2ccc(F)cc2)s1. The van der Waals surface area contributed by atoms with Crippen molar-refractivity contribution < 1.29 is 9.50 Å². The van der Waals surface area contributed by atoms with Gasteiger partial charge in [0.25, 0.3) is 0 Å². The summed E-state index contributed by atoms with van der Waals surface area (Å²) in [4.78, 5) is 2.70. The number of rotatable bonds is 6. The van der Waals surface area contributed by atoms with Gasteiger partial charge in [0, 0.05) is 16.4 Å². The van der Waals surface area contributed by atoms with Gasteiger partial charge in [-0.2, -0.15) is 0 Å². The van der Waals surface area contributed by atoms with E-state index in [-0.39, 0.29) is 18.3 Å². The molecular weight excluding hydrogens is 259 g/mol. The van der Waals surface area contributed by atoms with Crippen molar-refractivity contribution in [3.8, 4) is 0 Å². The Morgan fingerprint density at radius 3 is 2.32 bits per heavy atom. The van der Waals surface area contributed by atoms with Crippen LogP contribution >= 0.6 is 11.3 Å². The average molecular weight is 278 g/mol. The highest BCUT2D eigenvalue weighted by atomic mass is 32.1. The molecule has 2 rings (SSSR count). The quantitative estimate of drug-likeness (QED) is 0.851. The minimum atomic E-state index is -0.213. The van der Waals surface area contributed by atoms with E-state index in [2.05, 4.69) is 19.1 Å². The summed E-state index contributed by atoms with van der Waals surface area (Å²) in [7, 11) is 0. The first kappa shape index (κ1) is 14.2. The molecule has 0 bridgehead atoms. The van der Waals surface area contributed by atoms with Crippen molar-refractivity contribution in [2.75, 3.05) is 6.61 Å². The number of aliphatic hydroxyl groups excluding tert-OH is 1. The molecule has 1 aromatic carbocycles. The molecule has 3 heteroatoms. The maximum absolute atomic E-state index is 12.8. The van der Waals surface area contributed by atoms with E-state index in [1.165, 1.54) is 21.9 Å². The van der Waals surface area contributed by atoms with Crippen LogP contribution in [-0.2, 0) is 19.3 Å². The summed E-state index contributed by atoms with van der Waals surface area (Å²) in [6.07, 6.45) is 2.74. The highest BCUT2D eigenvalue weighted by Gasteiger charge is 2.11. The van der Waals surface area contributed by atoms with E-state index in [4.69, 9.17) is 0 Å². The number of aryl methyl sites for hydroxylation is 1. The fraction of sp³-hybridized carbons (Fsp3) is 0.375. The van der Waals surface area contributed by atoms with Crippen molar-refractivity contribution in [3.63, 3.8) is 0 Å². The summed E-state index contributed by atoms with van der Waals surface area (Å²) in [5.74, 6) is -0.0102. The van der Waals surface area contributed by atoms with Gasteiger partial charge < -0.3 is 5.11 Å². The second-order valence-electron chi connectivity index (χ2n) is 4.80. The zero-order valence-electron chi connectivity index (χ0n) is 11.1. The molecule has 0 aliphatic rings. The van der Waals surface area contributed by atoms with Gasteiger partial charge in [0.15, 0.2) is 0 Å². The molecule has 2 aromatic rings. The van der Waals surface area contributed by atoms with Crippen LogP contribution in [-0.4, -0.2) is 11.7 Å². The molecule has 0 aliphatic heterocycles.